The highest BCUT2D eigenvalue weighted by atomic mass is 16.5. The van der Waals surface area contributed by atoms with E-state index in [1.807, 2.05) is 37.4 Å². The first-order valence-corrected chi connectivity index (χ1v) is 7.62. The number of nitrogens with zero attached hydrogens (tertiary/aromatic N) is 5. The van der Waals surface area contributed by atoms with E-state index in [0.29, 0.717) is 13.1 Å². The first-order valence-electron chi connectivity index (χ1n) is 7.62. The van der Waals surface area contributed by atoms with E-state index in [4.69, 9.17) is 4.74 Å². The summed E-state index contributed by atoms with van der Waals surface area (Å²) in [4.78, 5) is 0. The van der Waals surface area contributed by atoms with Crippen LogP contribution in [-0.2, 0) is 20.1 Å². The van der Waals surface area contributed by atoms with Gasteiger partial charge >= 0.3 is 0 Å². The van der Waals surface area contributed by atoms with Gasteiger partial charge < -0.3 is 15.2 Å². The molecule has 0 aliphatic carbocycles. The number of anilines is 1. The molecule has 8 heteroatoms. The molecule has 126 valence electrons. The average Bonchev–Trinajstić information content (AvgIpc) is 3.19. The second-order valence-corrected chi connectivity index (χ2v) is 5.30. The van der Waals surface area contributed by atoms with Crippen LogP contribution in [0.4, 0.5) is 5.82 Å². The Hall–Kier alpha value is -2.87. The summed E-state index contributed by atoms with van der Waals surface area (Å²) in [6.45, 7) is 0.995. The van der Waals surface area contributed by atoms with Crippen molar-refractivity contribution in [1.82, 2.24) is 24.8 Å². The molecule has 24 heavy (non-hydrogen) atoms. The van der Waals surface area contributed by atoms with Crippen molar-refractivity contribution in [3.05, 3.63) is 42.2 Å². The Morgan fingerprint density at radius 1 is 1.29 bits per heavy atom. The van der Waals surface area contributed by atoms with E-state index in [9.17, 15) is 5.11 Å². The molecule has 0 unspecified atom stereocenters. The minimum atomic E-state index is 0.0151. The molecule has 0 spiro atoms. The maximum atomic E-state index is 9.27. The van der Waals surface area contributed by atoms with Crippen molar-refractivity contribution in [3.8, 4) is 17.0 Å². The molecule has 0 aliphatic rings. The molecule has 0 atom stereocenters. The van der Waals surface area contributed by atoms with E-state index in [-0.39, 0.29) is 6.61 Å². The molecule has 0 aliphatic heterocycles. The Kier molecular flexibility index (Phi) is 4.76. The zero-order valence-corrected chi connectivity index (χ0v) is 13.7. The van der Waals surface area contributed by atoms with Gasteiger partial charge in [0.1, 0.15) is 11.6 Å². The lowest BCUT2D eigenvalue weighted by molar-refractivity contribution is 0.270. The predicted octanol–water partition coefficient (Wildman–Crippen LogP) is 1.29. The lowest BCUT2D eigenvalue weighted by Crippen LogP contribution is -2.11. The first kappa shape index (κ1) is 16.0. The van der Waals surface area contributed by atoms with Crippen LogP contribution >= 0.6 is 0 Å². The molecule has 3 aromatic rings. The van der Waals surface area contributed by atoms with Crippen LogP contribution < -0.4 is 10.1 Å². The number of rotatable bonds is 7. The molecule has 1 aromatic carbocycles. The van der Waals surface area contributed by atoms with E-state index in [2.05, 4.69) is 20.7 Å². The van der Waals surface area contributed by atoms with Crippen LogP contribution in [-0.4, -0.2) is 43.6 Å². The summed E-state index contributed by atoms with van der Waals surface area (Å²) >= 11 is 0. The van der Waals surface area contributed by atoms with Gasteiger partial charge in [-0.1, -0.05) is 17.3 Å². The Balaban J connectivity index is 1.85. The number of ether oxygens (including phenoxy) is 1. The lowest BCUT2D eigenvalue weighted by Gasteiger charge is -2.08. The average molecular weight is 328 g/mol. The Morgan fingerprint density at radius 2 is 2.17 bits per heavy atom. The Morgan fingerprint density at radius 3 is 2.88 bits per heavy atom. The molecule has 2 N–H and O–H groups in total. The van der Waals surface area contributed by atoms with Crippen LogP contribution in [0, 0.1) is 0 Å². The van der Waals surface area contributed by atoms with Gasteiger partial charge in [-0.25, -0.2) is 4.68 Å². The molecule has 8 nitrogen and oxygen atoms in total. The van der Waals surface area contributed by atoms with Crippen LogP contribution in [0.25, 0.3) is 11.3 Å². The molecule has 0 amide bonds. The van der Waals surface area contributed by atoms with Gasteiger partial charge in [-0.3, -0.25) is 4.68 Å². The molecular formula is C16H20N6O2. The zero-order valence-electron chi connectivity index (χ0n) is 13.7. The Bertz CT molecular complexity index is 811. The molecule has 3 rings (SSSR count). The third kappa shape index (κ3) is 3.38. The summed E-state index contributed by atoms with van der Waals surface area (Å²) in [7, 11) is 3.48. The van der Waals surface area contributed by atoms with Gasteiger partial charge in [0.05, 0.1) is 44.4 Å². The number of nitrogens with one attached hydrogen (secondary N) is 1. The molecule has 0 radical (unpaired) electrons. The summed E-state index contributed by atoms with van der Waals surface area (Å²) in [6.07, 6.45) is 1.71. The van der Waals surface area contributed by atoms with E-state index < -0.39 is 0 Å². The number of hydrogen-bond donors (Lipinski definition) is 2. The number of aromatic nitrogens is 5. The minimum absolute atomic E-state index is 0.0151. The highest BCUT2D eigenvalue weighted by Gasteiger charge is 2.11. The van der Waals surface area contributed by atoms with Crippen LogP contribution in [0.15, 0.2) is 36.5 Å². The lowest BCUT2D eigenvalue weighted by atomic mass is 10.1. The zero-order chi connectivity index (χ0) is 16.9. The van der Waals surface area contributed by atoms with Crippen molar-refractivity contribution in [3.63, 3.8) is 0 Å². The van der Waals surface area contributed by atoms with Gasteiger partial charge in [0.25, 0.3) is 0 Å². The van der Waals surface area contributed by atoms with Gasteiger partial charge in [-0.05, 0) is 12.1 Å². The highest BCUT2D eigenvalue weighted by molar-refractivity contribution is 5.64. The number of benzene rings is 1. The van der Waals surface area contributed by atoms with E-state index in [1.54, 1.807) is 22.7 Å². The topological polar surface area (TPSA) is 90.0 Å². The quantitative estimate of drug-likeness (QED) is 0.679. The van der Waals surface area contributed by atoms with Crippen LogP contribution in [0.5, 0.6) is 5.75 Å². The predicted molar refractivity (Wildman–Crippen MR) is 89.6 cm³/mol. The summed E-state index contributed by atoms with van der Waals surface area (Å²) in [5.74, 6) is 1.60. The van der Waals surface area contributed by atoms with Crippen molar-refractivity contribution in [2.75, 3.05) is 19.0 Å². The number of aliphatic hydroxyl groups excluding tert-OH is 1. The summed E-state index contributed by atoms with van der Waals surface area (Å²) in [5, 5.41) is 24.9. The second-order valence-electron chi connectivity index (χ2n) is 5.30. The fraction of sp³-hybridized carbons (Fsp3) is 0.312. The molecule has 0 fully saturated rings. The maximum absolute atomic E-state index is 9.27. The molecule has 0 saturated carbocycles. The van der Waals surface area contributed by atoms with E-state index in [0.717, 1.165) is 28.5 Å². The van der Waals surface area contributed by atoms with Crippen molar-refractivity contribution in [2.45, 2.75) is 13.1 Å². The van der Waals surface area contributed by atoms with Gasteiger partial charge in [0.15, 0.2) is 0 Å². The second kappa shape index (κ2) is 7.14. The van der Waals surface area contributed by atoms with Gasteiger partial charge in [-0.2, -0.15) is 5.10 Å². The van der Waals surface area contributed by atoms with Crippen LogP contribution in [0.3, 0.4) is 0 Å². The SMILES string of the molecule is COc1cccc(-c2cc(NCc3cnnn3C)n(CCO)n2)c1. The van der Waals surface area contributed by atoms with Crippen molar-refractivity contribution >= 4 is 5.82 Å². The fourth-order valence-electron chi connectivity index (χ4n) is 2.40. The smallest absolute Gasteiger partial charge is 0.125 e. The number of hydrogen-bond acceptors (Lipinski definition) is 6. The molecule has 2 heterocycles. The summed E-state index contributed by atoms with van der Waals surface area (Å²) in [5.41, 5.74) is 2.72. The van der Waals surface area contributed by atoms with E-state index in [1.165, 1.54) is 0 Å². The normalized spacial score (nSPS) is 10.8. The molecular weight excluding hydrogens is 308 g/mol. The maximum Gasteiger partial charge on any atom is 0.125 e. The monoisotopic (exact) mass is 328 g/mol. The fourth-order valence-corrected chi connectivity index (χ4v) is 2.40. The third-order valence-corrected chi connectivity index (χ3v) is 3.72. The van der Waals surface area contributed by atoms with Crippen molar-refractivity contribution < 1.29 is 9.84 Å². The number of aryl methyl sites for hydroxylation is 1. The molecule has 2 aromatic heterocycles. The summed E-state index contributed by atoms with van der Waals surface area (Å²) < 4.78 is 8.72. The van der Waals surface area contributed by atoms with Gasteiger partial charge in [0.2, 0.25) is 0 Å². The molecule has 0 bridgehead atoms. The van der Waals surface area contributed by atoms with Crippen LogP contribution in [0.2, 0.25) is 0 Å². The third-order valence-electron chi connectivity index (χ3n) is 3.72. The molecule has 0 saturated heterocycles. The number of methoxy groups -OCH3 is 1. The minimum Gasteiger partial charge on any atom is -0.497 e. The standard InChI is InChI=1S/C16H20N6O2/c1-21-13(11-18-20-21)10-17-16-9-15(19-22(16)6-7-23)12-4-3-5-14(8-12)24-2/h3-5,8-9,11,17,23H,6-7,10H2,1-2H3. The number of aliphatic hydroxyl groups is 1. The van der Waals surface area contributed by atoms with Crippen LogP contribution in [0.1, 0.15) is 5.69 Å². The van der Waals surface area contributed by atoms with Gasteiger partial charge in [-0.15, -0.1) is 5.10 Å². The van der Waals surface area contributed by atoms with Gasteiger partial charge in [0, 0.05) is 18.7 Å². The summed E-state index contributed by atoms with van der Waals surface area (Å²) in [6, 6.07) is 9.67. The van der Waals surface area contributed by atoms with E-state index >= 15 is 0 Å². The Labute approximate surface area is 139 Å². The van der Waals surface area contributed by atoms with Crippen molar-refractivity contribution in [1.29, 1.82) is 0 Å². The first-order chi connectivity index (χ1) is 11.7. The largest absolute Gasteiger partial charge is 0.497 e. The van der Waals surface area contributed by atoms with Crippen molar-refractivity contribution in [2.24, 2.45) is 7.05 Å². The highest BCUT2D eigenvalue weighted by Crippen LogP contribution is 2.25.